The number of aliphatic hydroxyl groups is 1. The van der Waals surface area contributed by atoms with E-state index in [2.05, 4.69) is 0 Å². The van der Waals surface area contributed by atoms with Crippen LogP contribution in [0.4, 0.5) is 4.79 Å². The van der Waals surface area contributed by atoms with Crippen LogP contribution in [0.2, 0.25) is 0 Å². The first-order valence-corrected chi connectivity index (χ1v) is 7.90. The fraction of sp³-hybridized carbons (Fsp3) is 0.909. The van der Waals surface area contributed by atoms with E-state index in [1.807, 2.05) is 0 Å². The Morgan fingerprint density at radius 1 is 1.42 bits per heavy atom. The molecule has 1 amide bonds. The normalized spacial score (nSPS) is 25.4. The zero-order chi connectivity index (χ0) is 14.8. The molecular formula is C11H21NO6S. The van der Waals surface area contributed by atoms with Gasteiger partial charge in [0.15, 0.2) is 0 Å². The van der Waals surface area contributed by atoms with Crippen LogP contribution in [0, 0.1) is 0 Å². The van der Waals surface area contributed by atoms with Crippen LogP contribution in [0.25, 0.3) is 0 Å². The fourth-order valence-corrected chi connectivity index (χ4v) is 2.99. The molecule has 1 rings (SSSR count). The molecule has 2 atom stereocenters. The summed E-state index contributed by atoms with van der Waals surface area (Å²) in [6.45, 7) is 3.24. The average Bonchev–Trinajstić information content (AvgIpc) is 2.15. The number of rotatable bonds is 4. The average molecular weight is 295 g/mol. The highest BCUT2D eigenvalue weighted by atomic mass is 32.2. The summed E-state index contributed by atoms with van der Waals surface area (Å²) >= 11 is 0. The van der Waals surface area contributed by atoms with Crippen molar-refractivity contribution in [2.45, 2.75) is 50.9 Å². The monoisotopic (exact) mass is 295 g/mol. The van der Waals surface area contributed by atoms with Crippen LogP contribution in [0.5, 0.6) is 0 Å². The summed E-state index contributed by atoms with van der Waals surface area (Å²) in [7, 11) is -3.59. The molecule has 0 bridgehead atoms. The van der Waals surface area contributed by atoms with Gasteiger partial charge in [-0.1, -0.05) is 0 Å². The lowest BCUT2D eigenvalue weighted by Gasteiger charge is -2.39. The number of carbonyl (C=O) groups is 1. The first-order valence-electron chi connectivity index (χ1n) is 6.08. The van der Waals surface area contributed by atoms with E-state index >= 15 is 0 Å². The molecule has 19 heavy (non-hydrogen) atoms. The maximum atomic E-state index is 11.2. The van der Waals surface area contributed by atoms with E-state index in [0.717, 1.165) is 11.2 Å². The van der Waals surface area contributed by atoms with E-state index in [4.69, 9.17) is 9.29 Å². The van der Waals surface area contributed by atoms with Crippen molar-refractivity contribution < 1.29 is 27.6 Å². The van der Waals surface area contributed by atoms with Crippen LogP contribution in [0.3, 0.4) is 0 Å². The van der Waals surface area contributed by atoms with E-state index in [1.165, 1.54) is 0 Å². The number of likely N-dealkylation sites (tertiary alicyclic amines) is 1. The minimum atomic E-state index is -3.59. The summed E-state index contributed by atoms with van der Waals surface area (Å²) in [5, 5.41) is 18.9. The Kier molecular flexibility index (Phi) is 4.81. The third-order valence-electron chi connectivity index (χ3n) is 2.95. The molecule has 0 unspecified atom stereocenters. The lowest BCUT2D eigenvalue weighted by Crippen LogP contribution is -2.51. The van der Waals surface area contributed by atoms with Gasteiger partial charge < -0.3 is 15.1 Å². The van der Waals surface area contributed by atoms with Crippen molar-refractivity contribution in [2.75, 3.05) is 12.8 Å². The highest BCUT2D eigenvalue weighted by molar-refractivity contribution is 7.86. The molecule has 0 aromatic rings. The molecule has 0 aromatic carbocycles. The quantitative estimate of drug-likeness (QED) is 0.737. The molecule has 1 heterocycles. The Bertz CT molecular complexity index is 427. The number of amides is 1. The van der Waals surface area contributed by atoms with Gasteiger partial charge in [-0.25, -0.2) is 4.79 Å². The number of piperidine rings is 1. The van der Waals surface area contributed by atoms with Crippen LogP contribution >= 0.6 is 0 Å². The van der Waals surface area contributed by atoms with Crippen LogP contribution < -0.4 is 0 Å². The summed E-state index contributed by atoms with van der Waals surface area (Å²) in [5.74, 6) is 0. The summed E-state index contributed by atoms with van der Waals surface area (Å²) in [6, 6.07) is -0.322. The van der Waals surface area contributed by atoms with Crippen molar-refractivity contribution in [1.82, 2.24) is 4.90 Å². The van der Waals surface area contributed by atoms with Crippen LogP contribution in [0.1, 0.15) is 33.1 Å². The Balaban J connectivity index is 2.73. The highest BCUT2D eigenvalue weighted by Crippen LogP contribution is 2.26. The van der Waals surface area contributed by atoms with Crippen molar-refractivity contribution >= 4 is 16.2 Å². The predicted molar refractivity (Wildman–Crippen MR) is 68.4 cm³/mol. The molecule has 1 fully saturated rings. The number of hydrogen-bond donors (Lipinski definition) is 2. The van der Waals surface area contributed by atoms with E-state index < -0.39 is 27.9 Å². The molecule has 1 saturated heterocycles. The van der Waals surface area contributed by atoms with Crippen LogP contribution in [0.15, 0.2) is 0 Å². The largest absolute Gasteiger partial charge is 0.465 e. The molecule has 0 spiro atoms. The Morgan fingerprint density at radius 3 is 2.42 bits per heavy atom. The van der Waals surface area contributed by atoms with Gasteiger partial charge in [0.05, 0.1) is 24.5 Å². The third kappa shape index (κ3) is 5.75. The second-order valence-corrected chi connectivity index (χ2v) is 7.21. The predicted octanol–water partition coefficient (Wildman–Crippen LogP) is 0.635. The van der Waals surface area contributed by atoms with Gasteiger partial charge >= 0.3 is 6.09 Å². The second kappa shape index (κ2) is 5.64. The van der Waals surface area contributed by atoms with Gasteiger partial charge in [0.25, 0.3) is 10.1 Å². The van der Waals surface area contributed by atoms with E-state index in [0.29, 0.717) is 19.3 Å². The van der Waals surface area contributed by atoms with Gasteiger partial charge in [-0.3, -0.25) is 4.18 Å². The molecule has 0 aliphatic carbocycles. The first-order chi connectivity index (χ1) is 8.48. The summed E-state index contributed by atoms with van der Waals surface area (Å²) in [6.07, 6.45) is 0.403. The lowest BCUT2D eigenvalue weighted by molar-refractivity contribution is 0.00251. The molecule has 2 N–H and O–H groups in total. The Labute approximate surface area is 113 Å². The lowest BCUT2D eigenvalue weighted by atomic mass is 9.91. The van der Waals surface area contributed by atoms with Gasteiger partial charge in [0, 0.05) is 6.04 Å². The van der Waals surface area contributed by atoms with Crippen LogP contribution in [-0.4, -0.2) is 60.2 Å². The third-order valence-corrected chi connectivity index (χ3v) is 3.58. The smallest absolute Gasteiger partial charge is 0.407 e. The maximum absolute atomic E-state index is 11.2. The molecule has 1 aliphatic heterocycles. The fourth-order valence-electron chi connectivity index (χ4n) is 2.34. The van der Waals surface area contributed by atoms with Crippen molar-refractivity contribution in [1.29, 1.82) is 0 Å². The molecule has 1 aliphatic rings. The van der Waals surface area contributed by atoms with Crippen molar-refractivity contribution in [3.63, 3.8) is 0 Å². The van der Waals surface area contributed by atoms with Crippen molar-refractivity contribution in [3.8, 4) is 0 Å². The minimum absolute atomic E-state index is 0.00313. The molecule has 0 radical (unpaired) electrons. The maximum Gasteiger partial charge on any atom is 0.407 e. The summed E-state index contributed by atoms with van der Waals surface area (Å²) < 4.78 is 27.0. The highest BCUT2D eigenvalue weighted by Gasteiger charge is 2.36. The molecule has 0 aromatic heterocycles. The van der Waals surface area contributed by atoms with Crippen molar-refractivity contribution in [2.24, 2.45) is 0 Å². The van der Waals surface area contributed by atoms with E-state index in [9.17, 15) is 18.3 Å². The minimum Gasteiger partial charge on any atom is -0.465 e. The Morgan fingerprint density at radius 2 is 2.00 bits per heavy atom. The number of nitrogens with zero attached hydrogens (tertiary/aromatic N) is 1. The van der Waals surface area contributed by atoms with Gasteiger partial charge in [-0.05, 0) is 33.1 Å². The molecule has 112 valence electrons. The number of hydrogen-bond acceptors (Lipinski definition) is 5. The van der Waals surface area contributed by atoms with Gasteiger partial charge in [-0.2, -0.15) is 8.42 Å². The molecule has 0 saturated carbocycles. The Hall–Kier alpha value is -0.860. The molecule has 8 heteroatoms. The molecular weight excluding hydrogens is 274 g/mol. The zero-order valence-electron chi connectivity index (χ0n) is 11.4. The number of carboxylic acid groups (broad SMARTS) is 1. The second-order valence-electron chi connectivity index (χ2n) is 5.61. The summed E-state index contributed by atoms with van der Waals surface area (Å²) in [5.41, 5.74) is -0.969. The van der Waals surface area contributed by atoms with Crippen molar-refractivity contribution in [3.05, 3.63) is 0 Å². The van der Waals surface area contributed by atoms with Gasteiger partial charge in [-0.15, -0.1) is 0 Å². The van der Waals surface area contributed by atoms with Gasteiger partial charge in [0.1, 0.15) is 0 Å². The van der Waals surface area contributed by atoms with Crippen LogP contribution in [-0.2, 0) is 14.3 Å². The first kappa shape index (κ1) is 16.2. The topological polar surface area (TPSA) is 104 Å². The SMILES string of the molecule is CC(C)(O)C[C@H]1CC[C@H](OS(C)(=O)=O)CN1C(=O)O. The zero-order valence-corrected chi connectivity index (χ0v) is 12.2. The van der Waals surface area contributed by atoms with E-state index in [1.54, 1.807) is 13.8 Å². The summed E-state index contributed by atoms with van der Waals surface area (Å²) in [4.78, 5) is 12.4. The standard InChI is InChI=1S/C11H21NO6S/c1-11(2,15)6-8-4-5-9(18-19(3,16)17)7-12(8)10(13)14/h8-9,15H,4-7H2,1-3H3,(H,13,14)/t8-,9+/m1/s1. The van der Waals surface area contributed by atoms with E-state index in [-0.39, 0.29) is 12.6 Å². The van der Waals surface area contributed by atoms with Gasteiger partial charge in [0.2, 0.25) is 0 Å². The molecule has 7 nitrogen and oxygen atoms in total.